The van der Waals surface area contributed by atoms with Crippen LogP contribution >= 0.6 is 0 Å². The Morgan fingerprint density at radius 1 is 1.32 bits per heavy atom. The third kappa shape index (κ3) is 3.47. The maximum Gasteiger partial charge on any atom is 0.225 e. The van der Waals surface area contributed by atoms with Crippen molar-refractivity contribution in [1.29, 1.82) is 0 Å². The molecule has 0 saturated carbocycles. The summed E-state index contributed by atoms with van der Waals surface area (Å²) >= 11 is 0. The highest BCUT2D eigenvalue weighted by molar-refractivity contribution is 5.78. The second-order valence-electron chi connectivity index (χ2n) is 6.56. The molecule has 120 valence electrons. The fourth-order valence-corrected chi connectivity index (χ4v) is 3.19. The lowest BCUT2D eigenvalue weighted by Gasteiger charge is -2.41. The van der Waals surface area contributed by atoms with Crippen molar-refractivity contribution in [2.75, 3.05) is 32.8 Å². The smallest absolute Gasteiger partial charge is 0.225 e. The van der Waals surface area contributed by atoms with Crippen molar-refractivity contribution in [2.24, 2.45) is 0 Å². The molecule has 2 fully saturated rings. The van der Waals surface area contributed by atoms with Gasteiger partial charge in [0.1, 0.15) is 0 Å². The zero-order valence-electron chi connectivity index (χ0n) is 13.4. The molecule has 2 aliphatic rings. The molecule has 2 aliphatic heterocycles. The first-order valence-corrected chi connectivity index (χ1v) is 8.17. The van der Waals surface area contributed by atoms with E-state index in [-0.39, 0.29) is 12.0 Å². The second-order valence-corrected chi connectivity index (χ2v) is 6.56. The van der Waals surface area contributed by atoms with Crippen LogP contribution in [-0.2, 0) is 9.53 Å². The lowest BCUT2D eigenvalue weighted by Crippen LogP contribution is -2.51. The van der Waals surface area contributed by atoms with Crippen LogP contribution in [0.2, 0.25) is 0 Å². The lowest BCUT2D eigenvalue weighted by molar-refractivity contribution is -0.141. The zero-order valence-corrected chi connectivity index (χ0v) is 13.4. The normalized spacial score (nSPS) is 23.6. The van der Waals surface area contributed by atoms with Gasteiger partial charge in [0.2, 0.25) is 5.91 Å². The van der Waals surface area contributed by atoms with Gasteiger partial charge in [0.05, 0.1) is 19.1 Å². The van der Waals surface area contributed by atoms with Crippen molar-refractivity contribution in [3.8, 4) is 0 Å². The summed E-state index contributed by atoms with van der Waals surface area (Å²) in [5, 5.41) is 0. The van der Waals surface area contributed by atoms with E-state index in [0.717, 1.165) is 32.8 Å². The molecule has 1 aromatic heterocycles. The Morgan fingerprint density at radius 2 is 2.05 bits per heavy atom. The molecule has 1 atom stereocenters. The number of amides is 1. The van der Waals surface area contributed by atoms with Crippen molar-refractivity contribution >= 4 is 5.91 Å². The van der Waals surface area contributed by atoms with E-state index in [9.17, 15) is 4.79 Å². The van der Waals surface area contributed by atoms with Crippen molar-refractivity contribution in [3.63, 3.8) is 0 Å². The molecule has 3 rings (SSSR count). The summed E-state index contributed by atoms with van der Waals surface area (Å²) < 4.78 is 5.76. The number of rotatable bonds is 4. The minimum Gasteiger partial charge on any atom is -0.375 e. The quantitative estimate of drug-likeness (QED) is 0.846. The molecule has 5 heteroatoms. The number of ether oxygens (including phenoxy) is 1. The van der Waals surface area contributed by atoms with Crippen molar-refractivity contribution in [1.82, 2.24) is 14.8 Å². The molecule has 1 amide bonds. The Balaban J connectivity index is 1.46. The van der Waals surface area contributed by atoms with Gasteiger partial charge in [0.15, 0.2) is 0 Å². The summed E-state index contributed by atoms with van der Waals surface area (Å²) in [4.78, 5) is 20.7. The number of carbonyl (C=O) groups is 1. The fourth-order valence-electron chi connectivity index (χ4n) is 3.19. The first-order chi connectivity index (χ1) is 10.6. The van der Waals surface area contributed by atoms with Gasteiger partial charge >= 0.3 is 0 Å². The van der Waals surface area contributed by atoms with Crippen molar-refractivity contribution in [3.05, 3.63) is 30.1 Å². The highest BCUT2D eigenvalue weighted by Gasteiger charge is 2.33. The Morgan fingerprint density at radius 3 is 2.73 bits per heavy atom. The highest BCUT2D eigenvalue weighted by Crippen LogP contribution is 2.27. The van der Waals surface area contributed by atoms with Crippen LogP contribution in [-0.4, -0.2) is 65.6 Å². The Hall–Kier alpha value is -1.46. The molecule has 22 heavy (non-hydrogen) atoms. The molecule has 1 aromatic rings. The van der Waals surface area contributed by atoms with Gasteiger partial charge in [-0.15, -0.1) is 0 Å². The fraction of sp³-hybridized carbons (Fsp3) is 0.647. The largest absolute Gasteiger partial charge is 0.375 e. The van der Waals surface area contributed by atoms with E-state index in [2.05, 4.69) is 23.7 Å². The van der Waals surface area contributed by atoms with Crippen LogP contribution in [0.3, 0.4) is 0 Å². The van der Waals surface area contributed by atoms with Crippen LogP contribution in [0.5, 0.6) is 0 Å². The van der Waals surface area contributed by atoms with Gasteiger partial charge in [-0.3, -0.25) is 14.7 Å². The third-order valence-electron chi connectivity index (χ3n) is 4.71. The van der Waals surface area contributed by atoms with Gasteiger partial charge in [-0.05, 0) is 31.5 Å². The Labute approximate surface area is 132 Å². The summed E-state index contributed by atoms with van der Waals surface area (Å²) in [7, 11) is 0. The molecule has 0 spiro atoms. The minimum atomic E-state index is 0.0450. The van der Waals surface area contributed by atoms with Crippen LogP contribution in [0, 0.1) is 0 Å². The van der Waals surface area contributed by atoms with E-state index in [1.807, 2.05) is 29.4 Å². The number of nitrogens with zero attached hydrogens (tertiary/aromatic N) is 3. The van der Waals surface area contributed by atoms with E-state index >= 15 is 0 Å². The second kappa shape index (κ2) is 6.75. The van der Waals surface area contributed by atoms with Gasteiger partial charge in [0, 0.05) is 50.5 Å². The predicted molar refractivity (Wildman–Crippen MR) is 84.6 cm³/mol. The number of likely N-dealkylation sites (tertiary alicyclic amines) is 1. The maximum absolute atomic E-state index is 12.4. The van der Waals surface area contributed by atoms with Crippen LogP contribution in [0.25, 0.3) is 0 Å². The molecular weight excluding hydrogens is 278 g/mol. The van der Waals surface area contributed by atoms with E-state index in [4.69, 9.17) is 4.74 Å². The third-order valence-corrected chi connectivity index (χ3v) is 4.71. The highest BCUT2D eigenvalue weighted by atomic mass is 16.5. The summed E-state index contributed by atoms with van der Waals surface area (Å²) in [6.07, 6.45) is 4.18. The number of hydrogen-bond acceptors (Lipinski definition) is 4. The minimum absolute atomic E-state index is 0.0450. The van der Waals surface area contributed by atoms with Crippen LogP contribution < -0.4 is 0 Å². The number of morpholine rings is 1. The Kier molecular flexibility index (Phi) is 4.74. The molecule has 5 nitrogen and oxygen atoms in total. The molecule has 3 heterocycles. The van der Waals surface area contributed by atoms with Crippen molar-refractivity contribution in [2.45, 2.75) is 38.3 Å². The average molecular weight is 303 g/mol. The molecule has 0 bridgehead atoms. The number of carbonyl (C=O) groups excluding carboxylic acids is 1. The summed E-state index contributed by atoms with van der Waals surface area (Å²) in [5.74, 6) is 0.687. The van der Waals surface area contributed by atoms with Crippen LogP contribution in [0.4, 0.5) is 0 Å². The standard InChI is InChI=1S/C17H25N3O2/c1-13(2)19-7-8-22-16(12-19)9-17(21)20-10-15(11-20)14-3-5-18-6-4-14/h3-6,13,15-16H,7-12H2,1-2H3/t16-/m0/s1. The predicted octanol–water partition coefficient (Wildman–Crippen LogP) is 1.51. The number of pyridine rings is 1. The van der Waals surface area contributed by atoms with E-state index in [0.29, 0.717) is 18.4 Å². The zero-order chi connectivity index (χ0) is 15.5. The van der Waals surface area contributed by atoms with Crippen LogP contribution in [0.1, 0.15) is 31.7 Å². The number of aromatic nitrogens is 1. The number of hydrogen-bond donors (Lipinski definition) is 0. The van der Waals surface area contributed by atoms with Gasteiger partial charge in [0.25, 0.3) is 0 Å². The lowest BCUT2D eigenvalue weighted by atomic mass is 9.92. The first-order valence-electron chi connectivity index (χ1n) is 8.17. The first kappa shape index (κ1) is 15.4. The SMILES string of the molecule is CC(C)N1CCO[C@@H](CC(=O)N2CC(c3ccncc3)C2)C1. The van der Waals surface area contributed by atoms with Gasteiger partial charge in [-0.25, -0.2) is 0 Å². The molecule has 0 N–H and O–H groups in total. The van der Waals surface area contributed by atoms with Gasteiger partial charge < -0.3 is 9.64 Å². The molecule has 2 saturated heterocycles. The molecule has 0 aliphatic carbocycles. The van der Waals surface area contributed by atoms with E-state index < -0.39 is 0 Å². The summed E-state index contributed by atoms with van der Waals surface area (Å²) in [5.41, 5.74) is 1.28. The van der Waals surface area contributed by atoms with E-state index in [1.165, 1.54) is 5.56 Å². The van der Waals surface area contributed by atoms with Gasteiger partial charge in [-0.1, -0.05) is 0 Å². The van der Waals surface area contributed by atoms with Gasteiger partial charge in [-0.2, -0.15) is 0 Å². The summed E-state index contributed by atoms with van der Waals surface area (Å²) in [6, 6.07) is 4.59. The average Bonchev–Trinajstić information content (AvgIpc) is 2.47. The molecule has 0 unspecified atom stereocenters. The topological polar surface area (TPSA) is 45.7 Å². The monoisotopic (exact) mass is 303 g/mol. The van der Waals surface area contributed by atoms with Crippen LogP contribution in [0.15, 0.2) is 24.5 Å². The Bertz CT molecular complexity index is 500. The molecule has 0 aromatic carbocycles. The summed E-state index contributed by atoms with van der Waals surface area (Å²) in [6.45, 7) is 8.60. The molecule has 0 radical (unpaired) electrons. The van der Waals surface area contributed by atoms with E-state index in [1.54, 1.807) is 0 Å². The molecular formula is C17H25N3O2. The van der Waals surface area contributed by atoms with Crippen molar-refractivity contribution < 1.29 is 9.53 Å². The maximum atomic E-state index is 12.4.